The lowest BCUT2D eigenvalue weighted by atomic mass is 9.83. The van der Waals surface area contributed by atoms with Gasteiger partial charge in [0.2, 0.25) is 5.89 Å². The van der Waals surface area contributed by atoms with Crippen LogP contribution < -0.4 is 5.32 Å². The molecule has 144 valence electrons. The third-order valence-electron chi connectivity index (χ3n) is 4.74. The molecule has 0 aliphatic heterocycles. The SMILES string of the molecule is CCNC(=NCCCc1nc(C)no1)N(C)CC1CCC(C)CC1.I. The van der Waals surface area contributed by atoms with E-state index in [1.807, 2.05) is 6.92 Å². The van der Waals surface area contributed by atoms with Crippen molar-refractivity contribution in [2.75, 3.05) is 26.7 Å². The van der Waals surface area contributed by atoms with Crippen LogP contribution in [0.3, 0.4) is 0 Å². The number of hydrogen-bond donors (Lipinski definition) is 1. The van der Waals surface area contributed by atoms with Gasteiger partial charge in [0.15, 0.2) is 11.8 Å². The van der Waals surface area contributed by atoms with Crippen LogP contribution in [0.25, 0.3) is 0 Å². The fourth-order valence-electron chi connectivity index (χ4n) is 3.31. The van der Waals surface area contributed by atoms with Crippen molar-refractivity contribution in [3.8, 4) is 0 Å². The molecule has 0 unspecified atom stereocenters. The second kappa shape index (κ2) is 11.7. The Kier molecular flexibility index (Phi) is 10.4. The molecule has 0 bridgehead atoms. The van der Waals surface area contributed by atoms with Crippen LogP contribution in [0.4, 0.5) is 0 Å². The molecule has 1 N–H and O–H groups in total. The fourth-order valence-corrected chi connectivity index (χ4v) is 3.31. The average Bonchev–Trinajstić information content (AvgIpc) is 2.98. The van der Waals surface area contributed by atoms with Crippen molar-refractivity contribution in [1.82, 2.24) is 20.4 Å². The highest BCUT2D eigenvalue weighted by Crippen LogP contribution is 2.28. The van der Waals surface area contributed by atoms with E-state index >= 15 is 0 Å². The van der Waals surface area contributed by atoms with E-state index in [9.17, 15) is 0 Å². The van der Waals surface area contributed by atoms with Gasteiger partial charge in [-0.15, -0.1) is 24.0 Å². The summed E-state index contributed by atoms with van der Waals surface area (Å²) in [6.07, 6.45) is 7.15. The molecule has 0 atom stereocenters. The Morgan fingerprint density at radius 3 is 2.64 bits per heavy atom. The van der Waals surface area contributed by atoms with Crippen LogP contribution in [0.5, 0.6) is 0 Å². The summed E-state index contributed by atoms with van der Waals surface area (Å²) in [5.74, 6) is 4.12. The molecular weight excluding hydrogens is 429 g/mol. The molecule has 1 aromatic rings. The van der Waals surface area contributed by atoms with E-state index in [4.69, 9.17) is 9.52 Å². The van der Waals surface area contributed by atoms with Gasteiger partial charge in [0.25, 0.3) is 0 Å². The first-order chi connectivity index (χ1) is 11.6. The summed E-state index contributed by atoms with van der Waals surface area (Å²) >= 11 is 0. The van der Waals surface area contributed by atoms with E-state index in [1.54, 1.807) is 0 Å². The van der Waals surface area contributed by atoms with E-state index < -0.39 is 0 Å². The molecule has 2 rings (SSSR count). The first-order valence-electron chi connectivity index (χ1n) is 9.37. The molecule has 7 heteroatoms. The standard InChI is InChI=1S/C18H33N5O.HI/c1-5-19-18(20-12-6-7-17-21-15(3)22-24-17)23(4)13-16-10-8-14(2)9-11-16;/h14,16H,5-13H2,1-4H3,(H,19,20);1H. The van der Waals surface area contributed by atoms with Crippen LogP contribution in [0.1, 0.15) is 57.7 Å². The maximum atomic E-state index is 5.14. The molecule has 1 fully saturated rings. The summed E-state index contributed by atoms with van der Waals surface area (Å²) in [7, 11) is 2.15. The molecule has 0 saturated heterocycles. The van der Waals surface area contributed by atoms with Gasteiger partial charge in [0.1, 0.15) is 0 Å². The quantitative estimate of drug-likeness (QED) is 0.290. The minimum Gasteiger partial charge on any atom is -0.357 e. The Balaban J connectivity index is 0.00000312. The van der Waals surface area contributed by atoms with Gasteiger partial charge >= 0.3 is 0 Å². The van der Waals surface area contributed by atoms with Crippen molar-refractivity contribution < 1.29 is 4.52 Å². The van der Waals surface area contributed by atoms with Crippen molar-refractivity contribution in [2.24, 2.45) is 16.8 Å². The van der Waals surface area contributed by atoms with E-state index in [0.29, 0.717) is 11.7 Å². The highest BCUT2D eigenvalue weighted by atomic mass is 127. The normalized spacial score (nSPS) is 20.9. The van der Waals surface area contributed by atoms with E-state index in [1.165, 1.54) is 25.7 Å². The monoisotopic (exact) mass is 463 g/mol. The number of nitrogens with zero attached hydrogens (tertiary/aromatic N) is 4. The molecule has 0 aromatic carbocycles. The lowest BCUT2D eigenvalue weighted by Gasteiger charge is -2.31. The van der Waals surface area contributed by atoms with E-state index in [-0.39, 0.29) is 24.0 Å². The average molecular weight is 463 g/mol. The number of nitrogens with one attached hydrogen (secondary N) is 1. The Hall–Kier alpha value is -0.860. The zero-order valence-corrected chi connectivity index (χ0v) is 18.5. The molecule has 1 saturated carbocycles. The maximum Gasteiger partial charge on any atom is 0.226 e. The molecule has 0 radical (unpaired) electrons. The molecular formula is C18H34IN5O. The van der Waals surface area contributed by atoms with Crippen LogP contribution in [0, 0.1) is 18.8 Å². The minimum atomic E-state index is 0. The van der Waals surface area contributed by atoms with Crippen LogP contribution in [0.15, 0.2) is 9.52 Å². The van der Waals surface area contributed by atoms with Gasteiger partial charge < -0.3 is 14.7 Å². The largest absolute Gasteiger partial charge is 0.357 e. The molecule has 1 heterocycles. The number of rotatable bonds is 7. The zero-order chi connectivity index (χ0) is 17.4. The Morgan fingerprint density at radius 2 is 2.04 bits per heavy atom. The van der Waals surface area contributed by atoms with E-state index in [2.05, 4.69) is 41.3 Å². The molecule has 1 aliphatic carbocycles. The van der Waals surface area contributed by atoms with Crippen LogP contribution in [-0.2, 0) is 6.42 Å². The lowest BCUT2D eigenvalue weighted by Crippen LogP contribution is -2.42. The molecule has 25 heavy (non-hydrogen) atoms. The van der Waals surface area contributed by atoms with Crippen molar-refractivity contribution in [1.29, 1.82) is 0 Å². The summed E-state index contributed by atoms with van der Waals surface area (Å²) in [5.41, 5.74) is 0. The van der Waals surface area contributed by atoms with Crippen LogP contribution in [-0.4, -0.2) is 47.7 Å². The first kappa shape index (κ1) is 22.2. The third kappa shape index (κ3) is 7.92. The van der Waals surface area contributed by atoms with Crippen LogP contribution in [0.2, 0.25) is 0 Å². The van der Waals surface area contributed by atoms with Crippen molar-refractivity contribution in [3.05, 3.63) is 11.7 Å². The molecule has 6 nitrogen and oxygen atoms in total. The molecule has 0 amide bonds. The Morgan fingerprint density at radius 1 is 1.32 bits per heavy atom. The van der Waals surface area contributed by atoms with Crippen molar-refractivity contribution >= 4 is 29.9 Å². The van der Waals surface area contributed by atoms with Gasteiger partial charge in [-0.2, -0.15) is 4.98 Å². The molecule has 1 aliphatic rings. The maximum absolute atomic E-state index is 5.14. The molecule has 0 spiro atoms. The zero-order valence-electron chi connectivity index (χ0n) is 16.1. The first-order valence-corrected chi connectivity index (χ1v) is 9.37. The van der Waals surface area contributed by atoms with Gasteiger partial charge in [-0.05, 0) is 44.9 Å². The number of guanidine groups is 1. The van der Waals surface area contributed by atoms with Gasteiger partial charge in [-0.1, -0.05) is 24.9 Å². The smallest absolute Gasteiger partial charge is 0.226 e. The number of halogens is 1. The second-order valence-electron chi connectivity index (χ2n) is 7.08. The number of aryl methyl sites for hydroxylation is 2. The van der Waals surface area contributed by atoms with Crippen molar-refractivity contribution in [3.63, 3.8) is 0 Å². The van der Waals surface area contributed by atoms with Gasteiger partial charge in [-0.25, -0.2) is 0 Å². The summed E-state index contributed by atoms with van der Waals surface area (Å²) in [6, 6.07) is 0. The van der Waals surface area contributed by atoms with Gasteiger partial charge in [0, 0.05) is 33.1 Å². The number of aliphatic imine (C=N–C) groups is 1. The van der Waals surface area contributed by atoms with Crippen molar-refractivity contribution in [2.45, 2.75) is 59.3 Å². The predicted octanol–water partition coefficient (Wildman–Crippen LogP) is 3.65. The number of hydrogen-bond acceptors (Lipinski definition) is 4. The lowest BCUT2D eigenvalue weighted by molar-refractivity contribution is 0.250. The highest BCUT2D eigenvalue weighted by Gasteiger charge is 2.20. The summed E-state index contributed by atoms with van der Waals surface area (Å²) in [6.45, 7) is 9.10. The highest BCUT2D eigenvalue weighted by molar-refractivity contribution is 14.0. The van der Waals surface area contributed by atoms with Crippen LogP contribution >= 0.6 is 24.0 Å². The second-order valence-corrected chi connectivity index (χ2v) is 7.08. The Labute approximate surface area is 169 Å². The minimum absolute atomic E-state index is 0. The summed E-state index contributed by atoms with van der Waals surface area (Å²) in [5, 5.41) is 7.22. The molecule has 1 aromatic heterocycles. The summed E-state index contributed by atoms with van der Waals surface area (Å²) in [4.78, 5) is 11.3. The fraction of sp³-hybridized carbons (Fsp3) is 0.833. The summed E-state index contributed by atoms with van der Waals surface area (Å²) < 4.78 is 5.14. The van der Waals surface area contributed by atoms with Gasteiger partial charge in [-0.3, -0.25) is 4.99 Å². The van der Waals surface area contributed by atoms with E-state index in [0.717, 1.165) is 50.3 Å². The predicted molar refractivity (Wildman–Crippen MR) is 113 cm³/mol. The number of aromatic nitrogens is 2. The van der Waals surface area contributed by atoms with Gasteiger partial charge in [0.05, 0.1) is 0 Å². The third-order valence-corrected chi connectivity index (χ3v) is 4.74. The Bertz CT molecular complexity index is 511. The topological polar surface area (TPSA) is 66.5 Å².